The lowest BCUT2D eigenvalue weighted by Crippen LogP contribution is -2.22. The molecule has 0 spiro atoms. The Labute approximate surface area is 88.1 Å². The molecular formula is C11H14FNS. The SMILES string of the molecule is Cc1cc(F)ccc1C1NC(C)CS1. The van der Waals surface area contributed by atoms with Gasteiger partial charge >= 0.3 is 0 Å². The average Bonchev–Trinajstić information content (AvgIpc) is 2.51. The summed E-state index contributed by atoms with van der Waals surface area (Å²) in [4.78, 5) is 0. The van der Waals surface area contributed by atoms with Gasteiger partial charge in [0.2, 0.25) is 0 Å². The zero-order chi connectivity index (χ0) is 10.1. The molecule has 2 atom stereocenters. The molecule has 1 heterocycles. The molecule has 0 amide bonds. The number of hydrogen-bond donors (Lipinski definition) is 1. The number of rotatable bonds is 1. The molecule has 1 saturated heterocycles. The Morgan fingerprint density at radius 1 is 1.50 bits per heavy atom. The molecule has 76 valence electrons. The van der Waals surface area contributed by atoms with Gasteiger partial charge in [-0.2, -0.15) is 0 Å². The molecule has 0 bridgehead atoms. The van der Waals surface area contributed by atoms with Gasteiger partial charge in [0.25, 0.3) is 0 Å². The van der Waals surface area contributed by atoms with Crippen LogP contribution in [-0.2, 0) is 0 Å². The topological polar surface area (TPSA) is 12.0 Å². The maximum Gasteiger partial charge on any atom is 0.123 e. The summed E-state index contributed by atoms with van der Waals surface area (Å²) in [7, 11) is 0. The van der Waals surface area contributed by atoms with Gasteiger partial charge < -0.3 is 0 Å². The van der Waals surface area contributed by atoms with Crippen molar-refractivity contribution in [3.63, 3.8) is 0 Å². The van der Waals surface area contributed by atoms with E-state index in [4.69, 9.17) is 0 Å². The maximum atomic E-state index is 12.9. The minimum Gasteiger partial charge on any atom is -0.298 e. The third-order valence-corrected chi connectivity index (χ3v) is 3.88. The van der Waals surface area contributed by atoms with E-state index in [9.17, 15) is 4.39 Å². The number of hydrogen-bond acceptors (Lipinski definition) is 2. The quantitative estimate of drug-likeness (QED) is 0.766. The number of thioether (sulfide) groups is 1. The van der Waals surface area contributed by atoms with E-state index in [1.54, 1.807) is 6.07 Å². The van der Waals surface area contributed by atoms with Gasteiger partial charge in [0.05, 0.1) is 5.37 Å². The van der Waals surface area contributed by atoms with E-state index in [1.165, 1.54) is 11.6 Å². The molecule has 14 heavy (non-hydrogen) atoms. The average molecular weight is 211 g/mol. The van der Waals surface area contributed by atoms with Crippen LogP contribution in [0.15, 0.2) is 18.2 Å². The summed E-state index contributed by atoms with van der Waals surface area (Å²) < 4.78 is 12.9. The minimum atomic E-state index is -0.151. The predicted molar refractivity (Wildman–Crippen MR) is 58.9 cm³/mol. The highest BCUT2D eigenvalue weighted by molar-refractivity contribution is 7.99. The van der Waals surface area contributed by atoms with Crippen molar-refractivity contribution < 1.29 is 4.39 Å². The summed E-state index contributed by atoms with van der Waals surface area (Å²) in [6, 6.07) is 5.57. The summed E-state index contributed by atoms with van der Waals surface area (Å²) in [5.74, 6) is 0.976. The van der Waals surface area contributed by atoms with Crippen LogP contribution >= 0.6 is 11.8 Å². The molecule has 3 heteroatoms. The Morgan fingerprint density at radius 2 is 2.29 bits per heavy atom. The molecule has 1 aliphatic rings. The van der Waals surface area contributed by atoms with E-state index in [-0.39, 0.29) is 5.82 Å². The Morgan fingerprint density at radius 3 is 2.86 bits per heavy atom. The van der Waals surface area contributed by atoms with Crippen molar-refractivity contribution in [3.05, 3.63) is 35.1 Å². The van der Waals surface area contributed by atoms with Crippen LogP contribution in [0.1, 0.15) is 23.4 Å². The first-order valence-corrected chi connectivity index (χ1v) is 5.85. The van der Waals surface area contributed by atoms with Gasteiger partial charge in [-0.1, -0.05) is 6.07 Å². The normalized spacial score (nSPS) is 26.8. The molecule has 2 rings (SSSR count). The first-order chi connectivity index (χ1) is 6.66. The Hall–Kier alpha value is -0.540. The summed E-state index contributed by atoms with van der Waals surface area (Å²) in [5, 5.41) is 3.81. The minimum absolute atomic E-state index is 0.151. The zero-order valence-electron chi connectivity index (χ0n) is 8.38. The molecule has 0 saturated carbocycles. The molecule has 1 nitrogen and oxygen atoms in total. The van der Waals surface area contributed by atoms with Crippen molar-refractivity contribution in [2.24, 2.45) is 0 Å². The van der Waals surface area contributed by atoms with Crippen LogP contribution in [-0.4, -0.2) is 11.8 Å². The van der Waals surface area contributed by atoms with Crippen LogP contribution in [0.5, 0.6) is 0 Å². The molecule has 0 aromatic heterocycles. The second-order valence-corrected chi connectivity index (χ2v) is 4.92. The number of benzene rings is 1. The fraction of sp³-hybridized carbons (Fsp3) is 0.455. The van der Waals surface area contributed by atoms with Crippen LogP contribution in [0.3, 0.4) is 0 Å². The fourth-order valence-corrected chi connectivity index (χ4v) is 3.06. The van der Waals surface area contributed by atoms with Crippen LogP contribution in [0.4, 0.5) is 4.39 Å². The standard InChI is InChI=1S/C11H14FNS/c1-7-5-9(12)3-4-10(7)11-13-8(2)6-14-11/h3-5,8,11,13H,6H2,1-2H3. The summed E-state index contributed by atoms with van der Waals surface area (Å²) in [5.41, 5.74) is 2.24. The van der Waals surface area contributed by atoms with Crippen LogP contribution < -0.4 is 5.32 Å². The highest BCUT2D eigenvalue weighted by Crippen LogP contribution is 2.34. The van der Waals surface area contributed by atoms with Gasteiger partial charge in [-0.05, 0) is 37.1 Å². The lowest BCUT2D eigenvalue weighted by molar-refractivity contribution is 0.608. The third-order valence-electron chi connectivity index (χ3n) is 2.46. The molecule has 1 aromatic carbocycles. The highest BCUT2D eigenvalue weighted by atomic mass is 32.2. The first-order valence-electron chi connectivity index (χ1n) is 4.80. The van der Waals surface area contributed by atoms with Crippen molar-refractivity contribution in [1.82, 2.24) is 5.32 Å². The fourth-order valence-electron chi connectivity index (χ4n) is 1.71. The zero-order valence-corrected chi connectivity index (χ0v) is 9.20. The Kier molecular flexibility index (Phi) is 2.79. The van der Waals surface area contributed by atoms with Crippen molar-refractivity contribution in [3.8, 4) is 0 Å². The summed E-state index contributed by atoms with van der Waals surface area (Å²) in [6.45, 7) is 4.13. The molecule has 1 fully saturated rings. The Bertz CT molecular complexity index is 340. The van der Waals surface area contributed by atoms with E-state index in [0.717, 1.165) is 11.3 Å². The van der Waals surface area contributed by atoms with Gasteiger partial charge in [0.1, 0.15) is 5.82 Å². The second-order valence-electron chi connectivity index (χ2n) is 3.78. The van der Waals surface area contributed by atoms with E-state index in [0.29, 0.717) is 11.4 Å². The molecule has 1 aliphatic heterocycles. The first kappa shape index (κ1) is 9.99. The molecule has 0 aliphatic carbocycles. The summed E-state index contributed by atoms with van der Waals surface area (Å²) >= 11 is 1.89. The molecule has 2 unspecified atom stereocenters. The van der Waals surface area contributed by atoms with Gasteiger partial charge in [-0.25, -0.2) is 4.39 Å². The summed E-state index contributed by atoms with van der Waals surface area (Å²) in [6.07, 6.45) is 0. The van der Waals surface area contributed by atoms with Crippen LogP contribution in [0, 0.1) is 12.7 Å². The second kappa shape index (κ2) is 3.91. The van der Waals surface area contributed by atoms with Gasteiger partial charge in [0, 0.05) is 11.8 Å². The van der Waals surface area contributed by atoms with E-state index < -0.39 is 0 Å². The monoisotopic (exact) mass is 211 g/mol. The molecule has 1 aromatic rings. The number of halogens is 1. The van der Waals surface area contributed by atoms with Crippen LogP contribution in [0.2, 0.25) is 0 Å². The molecule has 1 N–H and O–H groups in total. The Balaban J connectivity index is 2.24. The smallest absolute Gasteiger partial charge is 0.123 e. The van der Waals surface area contributed by atoms with Gasteiger partial charge in [-0.15, -0.1) is 11.8 Å². The van der Waals surface area contributed by atoms with Gasteiger partial charge in [-0.3, -0.25) is 5.32 Å². The molecule has 0 radical (unpaired) electrons. The van der Waals surface area contributed by atoms with Crippen molar-refractivity contribution in [2.45, 2.75) is 25.3 Å². The number of nitrogens with one attached hydrogen (secondary N) is 1. The van der Waals surface area contributed by atoms with E-state index in [1.807, 2.05) is 24.8 Å². The highest BCUT2D eigenvalue weighted by Gasteiger charge is 2.23. The predicted octanol–water partition coefficient (Wildman–Crippen LogP) is 2.86. The lowest BCUT2D eigenvalue weighted by atomic mass is 10.1. The van der Waals surface area contributed by atoms with E-state index in [2.05, 4.69) is 12.2 Å². The largest absolute Gasteiger partial charge is 0.298 e. The van der Waals surface area contributed by atoms with Gasteiger partial charge in [0.15, 0.2) is 0 Å². The van der Waals surface area contributed by atoms with Crippen molar-refractivity contribution in [1.29, 1.82) is 0 Å². The third kappa shape index (κ3) is 1.93. The van der Waals surface area contributed by atoms with Crippen molar-refractivity contribution in [2.75, 3.05) is 5.75 Å². The lowest BCUT2D eigenvalue weighted by Gasteiger charge is -2.13. The number of aryl methyl sites for hydroxylation is 1. The molecular weight excluding hydrogens is 197 g/mol. The van der Waals surface area contributed by atoms with Crippen LogP contribution in [0.25, 0.3) is 0 Å². The van der Waals surface area contributed by atoms with E-state index >= 15 is 0 Å². The maximum absolute atomic E-state index is 12.9. The van der Waals surface area contributed by atoms with Crippen molar-refractivity contribution >= 4 is 11.8 Å².